The Balaban J connectivity index is 1.67. The molecule has 0 saturated heterocycles. The molecule has 0 unspecified atom stereocenters. The molecule has 3 rings (SSSR count). The second kappa shape index (κ2) is 7.58. The Kier molecular flexibility index (Phi) is 5.38. The molecule has 0 saturated carbocycles. The van der Waals surface area contributed by atoms with Crippen molar-refractivity contribution in [1.82, 2.24) is 4.98 Å². The van der Waals surface area contributed by atoms with Crippen LogP contribution in [0.25, 0.3) is 11.3 Å². The van der Waals surface area contributed by atoms with E-state index in [2.05, 4.69) is 15.6 Å². The normalized spacial score (nSPS) is 11.3. The van der Waals surface area contributed by atoms with Gasteiger partial charge in [0.15, 0.2) is 0 Å². The van der Waals surface area contributed by atoms with Crippen molar-refractivity contribution in [2.75, 3.05) is 10.6 Å². The van der Waals surface area contributed by atoms with Gasteiger partial charge in [0.2, 0.25) is 0 Å². The van der Waals surface area contributed by atoms with Crippen LogP contribution in [0.1, 0.15) is 10.6 Å². The molecule has 0 spiro atoms. The number of rotatable bonds is 3. The summed E-state index contributed by atoms with van der Waals surface area (Å²) in [5, 5.41) is 7.38. The number of urea groups is 1. The Morgan fingerprint density at radius 2 is 1.70 bits per heavy atom. The van der Waals surface area contributed by atoms with Crippen LogP contribution in [0.4, 0.5) is 29.3 Å². The molecule has 3 aromatic rings. The number of anilines is 2. The number of carbonyl (C=O) groups is 1. The molecule has 0 aliphatic rings. The summed E-state index contributed by atoms with van der Waals surface area (Å²) >= 11 is 7.10. The van der Waals surface area contributed by atoms with Crippen molar-refractivity contribution in [3.63, 3.8) is 0 Å². The van der Waals surface area contributed by atoms with Crippen LogP contribution in [0.3, 0.4) is 0 Å². The van der Waals surface area contributed by atoms with Gasteiger partial charge in [-0.2, -0.15) is 13.2 Å². The molecule has 2 amide bonds. The minimum Gasteiger partial charge on any atom is -0.308 e. The predicted molar refractivity (Wildman–Crippen MR) is 101 cm³/mol. The maximum absolute atomic E-state index is 12.9. The van der Waals surface area contributed by atoms with E-state index in [9.17, 15) is 18.0 Å². The highest BCUT2D eigenvalue weighted by atomic mass is 35.5. The van der Waals surface area contributed by atoms with Gasteiger partial charge >= 0.3 is 12.2 Å². The van der Waals surface area contributed by atoms with E-state index < -0.39 is 22.8 Å². The first-order valence-electron chi connectivity index (χ1n) is 7.70. The molecule has 140 valence electrons. The van der Waals surface area contributed by atoms with Crippen molar-refractivity contribution in [2.45, 2.75) is 13.1 Å². The molecule has 0 aliphatic carbocycles. The lowest BCUT2D eigenvalue weighted by Gasteiger charge is -2.12. The number of amides is 2. The molecule has 4 nitrogen and oxygen atoms in total. The van der Waals surface area contributed by atoms with Gasteiger partial charge in [0.25, 0.3) is 0 Å². The number of nitrogens with one attached hydrogen (secondary N) is 2. The van der Waals surface area contributed by atoms with E-state index in [4.69, 9.17) is 11.6 Å². The minimum absolute atomic E-state index is 0.0150. The molecule has 0 radical (unpaired) electrons. The van der Waals surface area contributed by atoms with E-state index in [-0.39, 0.29) is 5.69 Å². The fourth-order valence-electron chi connectivity index (χ4n) is 2.33. The van der Waals surface area contributed by atoms with Crippen LogP contribution in [-0.4, -0.2) is 11.0 Å². The van der Waals surface area contributed by atoms with Crippen LogP contribution in [-0.2, 0) is 6.18 Å². The number of halogens is 4. The quantitative estimate of drug-likeness (QED) is 0.521. The fraction of sp³-hybridized carbons (Fsp3) is 0.111. The number of aromatic nitrogens is 1. The molecule has 1 heterocycles. The van der Waals surface area contributed by atoms with Crippen molar-refractivity contribution in [1.29, 1.82) is 0 Å². The molecule has 2 N–H and O–H groups in total. The maximum atomic E-state index is 12.9. The van der Waals surface area contributed by atoms with Gasteiger partial charge in [-0.3, -0.25) is 0 Å². The van der Waals surface area contributed by atoms with Crippen LogP contribution < -0.4 is 10.6 Å². The third kappa shape index (κ3) is 4.78. The van der Waals surface area contributed by atoms with Gasteiger partial charge < -0.3 is 10.6 Å². The zero-order valence-electron chi connectivity index (χ0n) is 13.9. The number of alkyl halides is 3. The van der Waals surface area contributed by atoms with Gasteiger partial charge in [-0.25, -0.2) is 9.78 Å². The summed E-state index contributed by atoms with van der Waals surface area (Å²) in [6.07, 6.45) is -4.60. The summed E-state index contributed by atoms with van der Waals surface area (Å²) in [5.41, 5.74) is 1.21. The Labute approximate surface area is 162 Å². The van der Waals surface area contributed by atoms with Gasteiger partial charge in [0, 0.05) is 22.3 Å². The van der Waals surface area contributed by atoms with Crippen LogP contribution in [0.5, 0.6) is 0 Å². The van der Waals surface area contributed by atoms with E-state index in [1.165, 1.54) is 17.4 Å². The Bertz CT molecular complexity index is 971. The number of aryl methyl sites for hydroxylation is 1. The van der Waals surface area contributed by atoms with Gasteiger partial charge in [0.05, 0.1) is 21.3 Å². The largest absolute Gasteiger partial charge is 0.417 e. The number of nitrogens with zero attached hydrogens (tertiary/aromatic N) is 1. The molecular weight excluding hydrogens is 399 g/mol. The summed E-state index contributed by atoms with van der Waals surface area (Å²) in [6, 6.07) is 9.48. The van der Waals surface area contributed by atoms with Crippen molar-refractivity contribution >= 4 is 40.3 Å². The van der Waals surface area contributed by atoms with Crippen molar-refractivity contribution in [2.24, 2.45) is 0 Å². The van der Waals surface area contributed by atoms with Crippen molar-refractivity contribution < 1.29 is 18.0 Å². The standard InChI is InChI=1S/C18H13ClF3N3OS/c1-10-23-16(9-27-10)11-2-4-12(5-3-11)24-17(26)25-13-6-7-15(19)14(8-13)18(20,21)22/h2-9H,1H3,(H2,24,25,26). The third-order valence-corrected chi connectivity index (χ3v) is 4.69. The smallest absolute Gasteiger partial charge is 0.308 e. The van der Waals surface area contributed by atoms with Gasteiger partial charge in [-0.15, -0.1) is 11.3 Å². The molecule has 0 atom stereocenters. The number of hydrogen-bond acceptors (Lipinski definition) is 3. The number of carbonyl (C=O) groups excluding carboxylic acids is 1. The highest BCUT2D eigenvalue weighted by molar-refractivity contribution is 7.09. The lowest BCUT2D eigenvalue weighted by molar-refractivity contribution is -0.137. The number of benzene rings is 2. The first kappa shape index (κ1) is 19.2. The first-order valence-corrected chi connectivity index (χ1v) is 8.95. The monoisotopic (exact) mass is 411 g/mol. The molecule has 0 fully saturated rings. The van der Waals surface area contributed by atoms with Gasteiger partial charge in [0.1, 0.15) is 0 Å². The summed E-state index contributed by atoms with van der Waals surface area (Å²) in [5.74, 6) is 0. The second-order valence-corrected chi connectivity index (χ2v) is 7.07. The van der Waals surface area contributed by atoms with Crippen LogP contribution in [0, 0.1) is 6.92 Å². The predicted octanol–water partition coefficient (Wildman–Crippen LogP) is 6.43. The minimum atomic E-state index is -4.60. The average molecular weight is 412 g/mol. The van der Waals surface area contributed by atoms with Crippen LogP contribution in [0.15, 0.2) is 47.8 Å². The maximum Gasteiger partial charge on any atom is 0.417 e. The van der Waals surface area contributed by atoms with Crippen molar-refractivity contribution in [3.05, 3.63) is 63.4 Å². The zero-order chi connectivity index (χ0) is 19.6. The van der Waals surface area contributed by atoms with Gasteiger partial charge in [-0.05, 0) is 37.3 Å². The van der Waals surface area contributed by atoms with E-state index in [0.29, 0.717) is 5.69 Å². The number of hydrogen-bond donors (Lipinski definition) is 2. The SMILES string of the molecule is Cc1nc(-c2ccc(NC(=O)Nc3ccc(Cl)c(C(F)(F)F)c3)cc2)cs1. The van der Waals surface area contributed by atoms with Crippen molar-refractivity contribution in [3.8, 4) is 11.3 Å². The molecule has 9 heteroatoms. The second-order valence-electron chi connectivity index (χ2n) is 5.60. The Morgan fingerprint density at radius 3 is 2.30 bits per heavy atom. The van der Waals surface area contributed by atoms with Gasteiger partial charge in [-0.1, -0.05) is 23.7 Å². The van der Waals surface area contributed by atoms with Crippen LogP contribution in [0.2, 0.25) is 5.02 Å². The summed E-state index contributed by atoms with van der Waals surface area (Å²) < 4.78 is 38.6. The first-order chi connectivity index (χ1) is 12.7. The molecular formula is C18H13ClF3N3OS. The molecule has 0 bridgehead atoms. The summed E-state index contributed by atoms with van der Waals surface area (Å²) in [6.45, 7) is 1.91. The molecule has 27 heavy (non-hydrogen) atoms. The lowest BCUT2D eigenvalue weighted by Crippen LogP contribution is -2.19. The molecule has 2 aromatic carbocycles. The summed E-state index contributed by atoms with van der Waals surface area (Å²) in [4.78, 5) is 16.4. The lowest BCUT2D eigenvalue weighted by atomic mass is 10.1. The third-order valence-electron chi connectivity index (χ3n) is 3.59. The Hall–Kier alpha value is -2.58. The number of thiazole rings is 1. The van der Waals surface area contributed by atoms with E-state index in [1.807, 2.05) is 12.3 Å². The van der Waals surface area contributed by atoms with E-state index in [1.54, 1.807) is 24.3 Å². The summed E-state index contributed by atoms with van der Waals surface area (Å²) in [7, 11) is 0. The highest BCUT2D eigenvalue weighted by Gasteiger charge is 2.33. The molecule has 1 aromatic heterocycles. The van der Waals surface area contributed by atoms with E-state index >= 15 is 0 Å². The topological polar surface area (TPSA) is 54.0 Å². The van der Waals surface area contributed by atoms with Crippen LogP contribution >= 0.6 is 22.9 Å². The average Bonchev–Trinajstić information content (AvgIpc) is 3.03. The highest BCUT2D eigenvalue weighted by Crippen LogP contribution is 2.36. The molecule has 0 aliphatic heterocycles. The fourth-order valence-corrected chi connectivity index (χ4v) is 3.18. The van der Waals surface area contributed by atoms with E-state index in [0.717, 1.165) is 28.4 Å². The Morgan fingerprint density at radius 1 is 1.07 bits per heavy atom. The zero-order valence-corrected chi connectivity index (χ0v) is 15.5.